The van der Waals surface area contributed by atoms with Gasteiger partial charge in [0.1, 0.15) is 12.4 Å². The van der Waals surface area contributed by atoms with Crippen LogP contribution in [0, 0.1) is 5.92 Å². The average Bonchev–Trinajstić information content (AvgIpc) is 3.38. The van der Waals surface area contributed by atoms with Gasteiger partial charge >= 0.3 is 6.01 Å². The molecule has 4 aromatic rings. The molecule has 4 rings (SSSR count). The normalized spacial score (nSPS) is 12.1. The molecular formula is C21H24N8O2. The summed E-state index contributed by atoms with van der Waals surface area (Å²) in [6.45, 7) is 4.08. The van der Waals surface area contributed by atoms with Crippen molar-refractivity contribution in [3.8, 4) is 12.0 Å². The first kappa shape index (κ1) is 20.5. The number of hydrogen-bond donors (Lipinski definition) is 0. The van der Waals surface area contributed by atoms with Gasteiger partial charge in [-0.25, -0.2) is 14.2 Å². The number of pyridine rings is 1. The van der Waals surface area contributed by atoms with Crippen LogP contribution in [0.3, 0.4) is 0 Å². The van der Waals surface area contributed by atoms with Gasteiger partial charge in [-0.3, -0.25) is 9.69 Å². The molecule has 1 aromatic carbocycles. The number of carbonyl (C=O) groups is 1. The minimum atomic E-state index is -0.0633. The summed E-state index contributed by atoms with van der Waals surface area (Å²) in [5.74, 6) is 1.04. The number of rotatable bonds is 7. The van der Waals surface area contributed by atoms with E-state index in [4.69, 9.17) is 4.74 Å². The predicted octanol–water partition coefficient (Wildman–Crippen LogP) is 2.53. The lowest BCUT2D eigenvalue weighted by atomic mass is 10.1. The number of imidazole rings is 1. The topological polar surface area (TPSA) is 104 Å². The summed E-state index contributed by atoms with van der Waals surface area (Å²) in [5.41, 5.74) is 2.27. The number of amides is 1. The Bertz CT molecular complexity index is 1220. The first-order valence-corrected chi connectivity index (χ1v) is 10.1. The highest BCUT2D eigenvalue weighted by atomic mass is 16.5. The summed E-state index contributed by atoms with van der Waals surface area (Å²) in [6.07, 6.45) is 0.777. The second-order valence-electron chi connectivity index (χ2n) is 7.30. The number of aryl methyl sites for hydroxylation is 1. The van der Waals surface area contributed by atoms with Crippen LogP contribution in [0.5, 0.6) is 6.01 Å². The van der Waals surface area contributed by atoms with Crippen molar-refractivity contribution in [3.05, 3.63) is 48.2 Å². The fourth-order valence-electron chi connectivity index (χ4n) is 3.20. The third-order valence-corrected chi connectivity index (χ3v) is 5.18. The first-order chi connectivity index (χ1) is 15.0. The summed E-state index contributed by atoms with van der Waals surface area (Å²) >= 11 is 0. The molecule has 10 heteroatoms. The largest absolute Gasteiger partial charge is 0.458 e. The third-order valence-electron chi connectivity index (χ3n) is 5.18. The molecule has 0 saturated carbocycles. The lowest BCUT2D eigenvalue weighted by Crippen LogP contribution is -2.32. The van der Waals surface area contributed by atoms with Crippen molar-refractivity contribution in [2.24, 2.45) is 13.0 Å². The molecule has 0 spiro atoms. The molecule has 160 valence electrons. The smallest absolute Gasteiger partial charge is 0.305 e. The highest BCUT2D eigenvalue weighted by Crippen LogP contribution is 2.25. The maximum atomic E-state index is 12.5. The van der Waals surface area contributed by atoms with Crippen molar-refractivity contribution in [3.63, 3.8) is 0 Å². The predicted molar refractivity (Wildman–Crippen MR) is 115 cm³/mol. The second kappa shape index (κ2) is 8.50. The number of anilines is 1. The van der Waals surface area contributed by atoms with Gasteiger partial charge in [0.2, 0.25) is 5.91 Å². The van der Waals surface area contributed by atoms with Crippen LogP contribution in [0.25, 0.3) is 17.0 Å². The highest BCUT2D eigenvalue weighted by molar-refractivity contribution is 5.93. The van der Waals surface area contributed by atoms with E-state index in [9.17, 15) is 4.79 Å². The van der Waals surface area contributed by atoms with Gasteiger partial charge < -0.3 is 4.74 Å². The number of para-hydroxylation sites is 2. The van der Waals surface area contributed by atoms with Gasteiger partial charge in [-0.05, 0) is 41.1 Å². The van der Waals surface area contributed by atoms with Gasteiger partial charge in [-0.1, -0.05) is 37.1 Å². The number of hydrogen-bond acceptors (Lipinski definition) is 7. The molecule has 31 heavy (non-hydrogen) atoms. The number of ether oxygens (including phenoxy) is 1. The van der Waals surface area contributed by atoms with Crippen molar-refractivity contribution in [1.82, 2.24) is 34.7 Å². The Kier molecular flexibility index (Phi) is 5.61. The first-order valence-electron chi connectivity index (χ1n) is 10.1. The molecule has 3 heterocycles. The Balaban J connectivity index is 1.61. The molecule has 1 atom stereocenters. The molecule has 1 unspecified atom stereocenters. The van der Waals surface area contributed by atoms with Crippen LogP contribution in [-0.2, 0) is 18.4 Å². The van der Waals surface area contributed by atoms with Crippen molar-refractivity contribution in [2.45, 2.75) is 26.9 Å². The molecule has 0 aliphatic heterocycles. The minimum absolute atomic E-state index is 0.0321. The number of carbonyl (C=O) groups excluding carboxylic acids is 1. The number of nitrogens with zero attached hydrogens (tertiary/aromatic N) is 8. The maximum absolute atomic E-state index is 12.5. The number of benzene rings is 1. The van der Waals surface area contributed by atoms with E-state index in [1.165, 1.54) is 0 Å². The van der Waals surface area contributed by atoms with Gasteiger partial charge in [0.25, 0.3) is 5.95 Å². The monoisotopic (exact) mass is 420 g/mol. The second-order valence-corrected chi connectivity index (χ2v) is 7.30. The summed E-state index contributed by atoms with van der Waals surface area (Å²) < 4.78 is 9.34. The molecule has 0 N–H and O–H groups in total. The Hall–Kier alpha value is -3.82. The summed E-state index contributed by atoms with van der Waals surface area (Å²) in [7, 11) is 3.49. The van der Waals surface area contributed by atoms with Crippen molar-refractivity contribution in [2.75, 3.05) is 11.9 Å². The van der Waals surface area contributed by atoms with E-state index < -0.39 is 0 Å². The Morgan fingerprint density at radius 1 is 1.16 bits per heavy atom. The summed E-state index contributed by atoms with van der Waals surface area (Å²) in [4.78, 5) is 23.2. The van der Waals surface area contributed by atoms with Crippen LogP contribution in [-0.4, -0.2) is 47.7 Å². The Morgan fingerprint density at radius 3 is 2.71 bits per heavy atom. The Morgan fingerprint density at radius 2 is 1.97 bits per heavy atom. The van der Waals surface area contributed by atoms with Crippen molar-refractivity contribution < 1.29 is 9.53 Å². The quantitative estimate of drug-likeness (QED) is 0.452. The van der Waals surface area contributed by atoms with Gasteiger partial charge in [-0.2, -0.15) is 4.98 Å². The van der Waals surface area contributed by atoms with E-state index in [1.54, 1.807) is 28.2 Å². The van der Waals surface area contributed by atoms with Gasteiger partial charge in [0.15, 0.2) is 0 Å². The van der Waals surface area contributed by atoms with E-state index in [-0.39, 0.29) is 18.4 Å². The van der Waals surface area contributed by atoms with E-state index in [1.807, 2.05) is 56.3 Å². The number of tetrazole rings is 1. The van der Waals surface area contributed by atoms with E-state index in [0.29, 0.717) is 23.5 Å². The van der Waals surface area contributed by atoms with E-state index in [2.05, 4.69) is 25.5 Å². The van der Waals surface area contributed by atoms with E-state index >= 15 is 0 Å². The fraction of sp³-hybridized carbons (Fsp3) is 0.333. The summed E-state index contributed by atoms with van der Waals surface area (Å²) in [5, 5.41) is 11.7. The molecule has 1 amide bonds. The molecule has 0 aliphatic rings. The molecule has 0 fully saturated rings. The van der Waals surface area contributed by atoms with Crippen LogP contribution < -0.4 is 9.64 Å². The SMILES string of the molecule is CCC(C)C(=O)N(C)c1cccc(COc2nc3ccccc3n2-c2nnnn2C)n1. The number of aromatic nitrogens is 7. The molecule has 10 nitrogen and oxygen atoms in total. The summed E-state index contributed by atoms with van der Waals surface area (Å²) in [6, 6.07) is 13.5. The van der Waals surface area contributed by atoms with Crippen LogP contribution in [0.15, 0.2) is 42.5 Å². The van der Waals surface area contributed by atoms with Crippen LogP contribution >= 0.6 is 0 Å². The molecule has 0 bridgehead atoms. The fourth-order valence-corrected chi connectivity index (χ4v) is 3.20. The van der Waals surface area contributed by atoms with Gasteiger partial charge in [-0.15, -0.1) is 0 Å². The standard InChI is InChI=1S/C21H24N8O2/c1-5-14(2)19(30)27(3)18-12-8-9-15(22-18)13-31-21-23-16-10-6-7-11-17(16)29(21)20-24-25-26-28(20)4/h6-12,14H,5,13H2,1-4H3. The third kappa shape index (κ3) is 3.96. The van der Waals surface area contributed by atoms with E-state index in [0.717, 1.165) is 17.5 Å². The maximum Gasteiger partial charge on any atom is 0.305 e. The average molecular weight is 420 g/mol. The lowest BCUT2D eigenvalue weighted by molar-refractivity contribution is -0.121. The van der Waals surface area contributed by atoms with Crippen LogP contribution in [0.4, 0.5) is 5.82 Å². The zero-order valence-electron chi connectivity index (χ0n) is 17.9. The highest BCUT2D eigenvalue weighted by Gasteiger charge is 2.20. The zero-order valence-corrected chi connectivity index (χ0v) is 17.9. The molecule has 0 radical (unpaired) electrons. The number of fused-ring (bicyclic) bond motifs is 1. The Labute approximate surface area is 179 Å². The molecule has 0 aliphatic carbocycles. The van der Waals surface area contributed by atoms with Crippen molar-refractivity contribution >= 4 is 22.8 Å². The minimum Gasteiger partial charge on any atom is -0.458 e. The van der Waals surface area contributed by atoms with Gasteiger partial charge in [0.05, 0.1) is 16.7 Å². The molecular weight excluding hydrogens is 396 g/mol. The molecule has 3 aromatic heterocycles. The molecule has 0 saturated heterocycles. The van der Waals surface area contributed by atoms with Crippen LogP contribution in [0.1, 0.15) is 26.0 Å². The lowest BCUT2D eigenvalue weighted by Gasteiger charge is -2.20. The van der Waals surface area contributed by atoms with Crippen LogP contribution in [0.2, 0.25) is 0 Å². The van der Waals surface area contributed by atoms with Gasteiger partial charge in [0, 0.05) is 20.0 Å². The zero-order chi connectivity index (χ0) is 22.0. The van der Waals surface area contributed by atoms with Crippen molar-refractivity contribution in [1.29, 1.82) is 0 Å².